The molecule has 0 radical (unpaired) electrons. The van der Waals surface area contributed by atoms with Crippen LogP contribution in [0.4, 0.5) is 0 Å². The smallest absolute Gasteiger partial charge is 0.322 e. The minimum Gasteiger partial charge on any atom is -0.468 e. The van der Waals surface area contributed by atoms with Crippen molar-refractivity contribution in [2.75, 3.05) is 7.11 Å². The largest absolute Gasteiger partial charge is 0.468 e. The van der Waals surface area contributed by atoms with Crippen molar-refractivity contribution in [1.29, 1.82) is 0 Å². The van der Waals surface area contributed by atoms with Crippen LogP contribution in [0.25, 0.3) is 0 Å². The molecule has 0 aromatic heterocycles. The van der Waals surface area contributed by atoms with Gasteiger partial charge in [-0.15, -0.1) is 0 Å². The monoisotopic (exact) mass is 196 g/mol. The van der Waals surface area contributed by atoms with Gasteiger partial charge in [0, 0.05) is 0 Å². The molecule has 0 aliphatic heterocycles. The molecule has 9 heavy (non-hydrogen) atoms. The summed E-state index contributed by atoms with van der Waals surface area (Å²) in [6.07, 6.45) is -0.711. The van der Waals surface area contributed by atoms with Crippen LogP contribution in [0.15, 0.2) is 0 Å². The maximum atomic E-state index is 10.5. The lowest BCUT2D eigenvalue weighted by Crippen LogP contribution is -2.26. The van der Waals surface area contributed by atoms with E-state index in [2.05, 4.69) is 20.7 Å². The van der Waals surface area contributed by atoms with Crippen LogP contribution in [0.5, 0.6) is 0 Å². The summed E-state index contributed by atoms with van der Waals surface area (Å²) in [5.41, 5.74) is 0. The van der Waals surface area contributed by atoms with Crippen LogP contribution < -0.4 is 0 Å². The van der Waals surface area contributed by atoms with Crippen molar-refractivity contribution in [3.8, 4) is 0 Å². The molecule has 0 amide bonds. The topological polar surface area (TPSA) is 46.5 Å². The minimum atomic E-state index is -0.711. The Bertz CT molecular complexity index is 102. The summed E-state index contributed by atoms with van der Waals surface area (Å²) in [5, 5.41) is 8.77. The molecule has 0 spiro atoms. The Hall–Kier alpha value is -0.0900. The average molecular weight is 197 g/mol. The third-order valence-electron chi connectivity index (χ3n) is 0.850. The van der Waals surface area contributed by atoms with Crippen LogP contribution in [-0.2, 0) is 9.53 Å². The second-order valence-electron chi connectivity index (χ2n) is 1.67. The quantitative estimate of drug-likeness (QED) is 0.511. The fourth-order valence-corrected chi connectivity index (χ4v) is 0.496. The third kappa shape index (κ3) is 2.81. The zero-order valence-electron chi connectivity index (χ0n) is 5.30. The van der Waals surface area contributed by atoms with Crippen molar-refractivity contribution >= 4 is 21.9 Å². The van der Waals surface area contributed by atoms with Gasteiger partial charge in [-0.25, -0.2) is 0 Å². The summed E-state index contributed by atoms with van der Waals surface area (Å²) in [6.45, 7) is 1.51. The van der Waals surface area contributed by atoms with Gasteiger partial charge < -0.3 is 9.84 Å². The molecule has 0 saturated carbocycles. The first-order chi connectivity index (χ1) is 4.09. The predicted molar refractivity (Wildman–Crippen MR) is 36.4 cm³/mol. The zero-order chi connectivity index (χ0) is 7.44. The Balaban J connectivity index is 3.72. The average Bonchev–Trinajstić information content (AvgIpc) is 1.84. The summed E-state index contributed by atoms with van der Waals surface area (Å²) in [7, 11) is 1.28. The van der Waals surface area contributed by atoms with E-state index in [9.17, 15) is 4.79 Å². The number of rotatable bonds is 2. The van der Waals surface area contributed by atoms with Gasteiger partial charge in [-0.05, 0) is 6.92 Å². The van der Waals surface area contributed by atoms with Gasteiger partial charge in [0.2, 0.25) is 0 Å². The molecule has 0 aliphatic carbocycles. The maximum Gasteiger partial charge on any atom is 0.322 e. The molecule has 0 aromatic rings. The van der Waals surface area contributed by atoms with E-state index in [4.69, 9.17) is 5.11 Å². The molecular weight excluding hydrogens is 188 g/mol. The van der Waals surface area contributed by atoms with Crippen LogP contribution in [0.2, 0.25) is 0 Å². The molecule has 2 atom stereocenters. The number of alkyl halides is 1. The van der Waals surface area contributed by atoms with E-state index in [0.29, 0.717) is 0 Å². The van der Waals surface area contributed by atoms with Crippen molar-refractivity contribution in [2.45, 2.75) is 17.9 Å². The molecule has 4 heteroatoms. The second-order valence-corrected chi connectivity index (χ2v) is 2.65. The number of carbonyl (C=O) groups excluding carboxylic acids is 1. The molecule has 54 valence electrons. The molecule has 1 N–H and O–H groups in total. The number of aliphatic hydroxyl groups is 1. The van der Waals surface area contributed by atoms with Gasteiger partial charge in [0.15, 0.2) is 0 Å². The molecule has 2 unspecified atom stereocenters. The molecule has 0 aliphatic rings. The number of hydrogen-bond acceptors (Lipinski definition) is 3. The van der Waals surface area contributed by atoms with Crippen molar-refractivity contribution in [2.24, 2.45) is 0 Å². The van der Waals surface area contributed by atoms with Gasteiger partial charge in [-0.1, -0.05) is 15.9 Å². The molecule has 0 aromatic carbocycles. The van der Waals surface area contributed by atoms with E-state index in [1.807, 2.05) is 0 Å². The fourth-order valence-electron chi connectivity index (χ4n) is 0.310. The Morgan fingerprint density at radius 3 is 2.33 bits per heavy atom. The van der Waals surface area contributed by atoms with Gasteiger partial charge in [0.25, 0.3) is 0 Å². The van der Waals surface area contributed by atoms with Gasteiger partial charge in [0.05, 0.1) is 13.2 Å². The molecule has 0 rings (SSSR count). The van der Waals surface area contributed by atoms with Crippen molar-refractivity contribution in [3.63, 3.8) is 0 Å². The first-order valence-electron chi connectivity index (χ1n) is 2.49. The summed E-state index contributed by atoms with van der Waals surface area (Å²) in [4.78, 5) is 9.92. The molecular formula is C5H9BrO3. The zero-order valence-corrected chi connectivity index (χ0v) is 6.88. The van der Waals surface area contributed by atoms with Crippen LogP contribution in [-0.4, -0.2) is 29.1 Å². The Morgan fingerprint density at radius 1 is 1.78 bits per heavy atom. The maximum absolute atomic E-state index is 10.5. The van der Waals surface area contributed by atoms with E-state index >= 15 is 0 Å². The highest BCUT2D eigenvalue weighted by Crippen LogP contribution is 2.06. The van der Waals surface area contributed by atoms with Crippen LogP contribution in [0.1, 0.15) is 6.92 Å². The highest BCUT2D eigenvalue weighted by atomic mass is 79.9. The van der Waals surface area contributed by atoms with Crippen LogP contribution in [0, 0.1) is 0 Å². The SMILES string of the molecule is COC(=O)C(Br)C(C)O. The fraction of sp³-hybridized carbons (Fsp3) is 0.800. The van der Waals surface area contributed by atoms with Gasteiger partial charge in [0.1, 0.15) is 4.83 Å². The van der Waals surface area contributed by atoms with E-state index in [0.717, 1.165) is 0 Å². The first kappa shape index (κ1) is 8.91. The van der Waals surface area contributed by atoms with E-state index in [-0.39, 0.29) is 0 Å². The summed E-state index contributed by atoms with van der Waals surface area (Å²) >= 11 is 2.94. The molecule has 0 saturated heterocycles. The summed E-state index contributed by atoms with van der Waals surface area (Å²) < 4.78 is 4.33. The lowest BCUT2D eigenvalue weighted by molar-refractivity contribution is -0.141. The summed E-state index contributed by atoms with van der Waals surface area (Å²) in [6, 6.07) is 0. The van der Waals surface area contributed by atoms with Crippen molar-refractivity contribution < 1.29 is 14.6 Å². The number of halogens is 1. The highest BCUT2D eigenvalue weighted by Gasteiger charge is 2.19. The Labute approximate surface area is 62.1 Å². The number of aliphatic hydroxyl groups excluding tert-OH is 1. The lowest BCUT2D eigenvalue weighted by atomic mass is 10.3. The van der Waals surface area contributed by atoms with E-state index < -0.39 is 16.9 Å². The van der Waals surface area contributed by atoms with Crippen molar-refractivity contribution in [3.05, 3.63) is 0 Å². The Morgan fingerprint density at radius 2 is 2.22 bits per heavy atom. The predicted octanol–water partition coefficient (Wildman–Crippen LogP) is 0.304. The van der Waals surface area contributed by atoms with Gasteiger partial charge in [-0.2, -0.15) is 0 Å². The highest BCUT2D eigenvalue weighted by molar-refractivity contribution is 9.10. The lowest BCUT2D eigenvalue weighted by Gasteiger charge is -2.08. The number of hydrogen-bond donors (Lipinski definition) is 1. The van der Waals surface area contributed by atoms with E-state index in [1.165, 1.54) is 14.0 Å². The molecule has 0 fully saturated rings. The minimum absolute atomic E-state index is 0.454. The number of ether oxygens (including phenoxy) is 1. The first-order valence-corrected chi connectivity index (χ1v) is 3.41. The Kier molecular flexibility index (Phi) is 3.81. The normalized spacial score (nSPS) is 16.4. The van der Waals surface area contributed by atoms with Gasteiger partial charge >= 0.3 is 5.97 Å². The standard InChI is InChI=1S/C5H9BrO3/c1-3(7)4(6)5(8)9-2/h3-4,7H,1-2H3. The number of methoxy groups -OCH3 is 1. The molecule has 0 heterocycles. The van der Waals surface area contributed by atoms with Crippen molar-refractivity contribution in [1.82, 2.24) is 0 Å². The third-order valence-corrected chi connectivity index (χ3v) is 1.99. The second kappa shape index (κ2) is 3.85. The number of carbonyl (C=O) groups is 1. The van der Waals surface area contributed by atoms with E-state index in [1.54, 1.807) is 0 Å². The summed E-state index contributed by atoms with van der Waals surface area (Å²) in [5.74, 6) is -0.454. The van der Waals surface area contributed by atoms with Gasteiger partial charge in [-0.3, -0.25) is 4.79 Å². The van der Waals surface area contributed by atoms with Crippen LogP contribution >= 0.6 is 15.9 Å². The molecule has 0 bridgehead atoms. The number of esters is 1. The molecule has 3 nitrogen and oxygen atoms in total. The van der Waals surface area contributed by atoms with Crippen LogP contribution in [0.3, 0.4) is 0 Å².